The van der Waals surface area contributed by atoms with Crippen molar-refractivity contribution in [1.82, 2.24) is 4.57 Å². The lowest BCUT2D eigenvalue weighted by Crippen LogP contribution is -2.10. The lowest BCUT2D eigenvalue weighted by molar-refractivity contribution is 0.0699. The summed E-state index contributed by atoms with van der Waals surface area (Å²) in [5.74, 6) is -1.36. The molecular formula is C16H10ClNO3. The van der Waals surface area contributed by atoms with Crippen molar-refractivity contribution in [2.75, 3.05) is 0 Å². The first kappa shape index (κ1) is 13.4. The topological polar surface area (TPSA) is 59.3 Å². The second kappa shape index (κ2) is 5.07. The van der Waals surface area contributed by atoms with Crippen LogP contribution in [0, 0.1) is 0 Å². The minimum absolute atomic E-state index is 0.105. The van der Waals surface area contributed by atoms with Gasteiger partial charge in [-0.2, -0.15) is 0 Å². The fraction of sp³-hybridized carbons (Fsp3) is 0. The summed E-state index contributed by atoms with van der Waals surface area (Å²) in [6.07, 6.45) is 1.35. The molecule has 3 rings (SSSR count). The van der Waals surface area contributed by atoms with Crippen LogP contribution in [0.15, 0.2) is 54.7 Å². The quantitative estimate of drug-likeness (QED) is 0.785. The molecule has 0 aliphatic rings. The predicted octanol–water partition coefficient (Wildman–Crippen LogP) is 3.68. The Morgan fingerprint density at radius 3 is 2.33 bits per heavy atom. The van der Waals surface area contributed by atoms with Crippen LogP contribution < -0.4 is 0 Å². The average Bonchev–Trinajstić information content (AvgIpc) is 2.87. The number of benzene rings is 2. The average molecular weight is 300 g/mol. The van der Waals surface area contributed by atoms with E-state index in [1.807, 2.05) is 0 Å². The minimum Gasteiger partial charge on any atom is -0.478 e. The van der Waals surface area contributed by atoms with Gasteiger partial charge >= 0.3 is 5.97 Å². The van der Waals surface area contributed by atoms with E-state index >= 15 is 0 Å². The molecule has 1 N–H and O–H groups in total. The first-order valence-electron chi connectivity index (χ1n) is 6.21. The molecule has 0 saturated heterocycles. The van der Waals surface area contributed by atoms with Crippen molar-refractivity contribution in [3.63, 3.8) is 0 Å². The number of rotatable bonds is 2. The number of hydrogen-bond donors (Lipinski definition) is 1. The van der Waals surface area contributed by atoms with E-state index in [1.165, 1.54) is 10.8 Å². The highest BCUT2D eigenvalue weighted by molar-refractivity contribution is 6.30. The molecule has 0 radical (unpaired) electrons. The molecule has 4 nitrogen and oxygen atoms in total. The number of carbonyl (C=O) groups excluding carboxylic acids is 1. The number of nitrogens with zero attached hydrogens (tertiary/aromatic N) is 1. The van der Waals surface area contributed by atoms with Crippen LogP contribution in [0.5, 0.6) is 0 Å². The third-order valence-corrected chi connectivity index (χ3v) is 3.50. The van der Waals surface area contributed by atoms with Crippen molar-refractivity contribution in [3.05, 3.63) is 70.9 Å². The Kier molecular flexibility index (Phi) is 3.23. The van der Waals surface area contributed by atoms with Crippen molar-refractivity contribution >= 4 is 34.4 Å². The van der Waals surface area contributed by atoms with Gasteiger partial charge in [-0.1, -0.05) is 29.8 Å². The molecule has 1 heterocycles. The maximum Gasteiger partial charge on any atom is 0.337 e. The van der Waals surface area contributed by atoms with Gasteiger partial charge in [0.2, 0.25) is 0 Å². The van der Waals surface area contributed by atoms with Crippen LogP contribution in [0.25, 0.3) is 10.9 Å². The number of hydrogen-bond acceptors (Lipinski definition) is 2. The Labute approximate surface area is 125 Å². The van der Waals surface area contributed by atoms with Crippen LogP contribution in [-0.4, -0.2) is 21.6 Å². The van der Waals surface area contributed by atoms with Crippen LogP contribution in [0.3, 0.4) is 0 Å². The van der Waals surface area contributed by atoms with Gasteiger partial charge in [-0.3, -0.25) is 9.36 Å². The molecule has 0 fully saturated rings. The largest absolute Gasteiger partial charge is 0.478 e. The summed E-state index contributed by atoms with van der Waals surface area (Å²) >= 11 is 5.81. The second-order valence-corrected chi connectivity index (χ2v) is 4.98. The summed E-state index contributed by atoms with van der Waals surface area (Å²) in [6, 6.07) is 13.4. The van der Waals surface area contributed by atoms with E-state index in [1.54, 1.807) is 48.5 Å². The molecule has 104 valence electrons. The summed E-state index contributed by atoms with van der Waals surface area (Å²) in [5, 5.41) is 10.3. The number of para-hydroxylation sites is 1. The van der Waals surface area contributed by atoms with Crippen molar-refractivity contribution in [1.29, 1.82) is 0 Å². The third-order valence-electron chi connectivity index (χ3n) is 3.25. The SMILES string of the molecule is O=C(O)c1cn(C(=O)c2ccc(Cl)cc2)c2ccccc12. The summed E-state index contributed by atoms with van der Waals surface area (Å²) < 4.78 is 1.35. The molecule has 0 aliphatic heterocycles. The normalized spacial score (nSPS) is 10.7. The third kappa shape index (κ3) is 2.30. The van der Waals surface area contributed by atoms with Crippen molar-refractivity contribution in [3.8, 4) is 0 Å². The highest BCUT2D eigenvalue weighted by atomic mass is 35.5. The van der Waals surface area contributed by atoms with Gasteiger partial charge in [0.05, 0.1) is 11.1 Å². The summed E-state index contributed by atoms with van der Waals surface area (Å²) in [4.78, 5) is 23.8. The molecule has 0 aliphatic carbocycles. The molecule has 3 aromatic rings. The van der Waals surface area contributed by atoms with Gasteiger partial charge in [0.25, 0.3) is 5.91 Å². The standard InChI is InChI=1S/C16H10ClNO3/c17-11-7-5-10(6-8-11)15(19)18-9-13(16(20)21)12-3-1-2-4-14(12)18/h1-9H,(H,20,21). The van der Waals surface area contributed by atoms with E-state index < -0.39 is 5.97 Å². The summed E-state index contributed by atoms with van der Waals surface area (Å²) in [7, 11) is 0. The Morgan fingerprint density at radius 2 is 1.67 bits per heavy atom. The van der Waals surface area contributed by atoms with Gasteiger partial charge in [0, 0.05) is 22.2 Å². The Bertz CT molecular complexity index is 850. The smallest absolute Gasteiger partial charge is 0.337 e. The zero-order valence-corrected chi connectivity index (χ0v) is 11.5. The highest BCUT2D eigenvalue weighted by Crippen LogP contribution is 2.22. The van der Waals surface area contributed by atoms with Gasteiger partial charge in [0.1, 0.15) is 0 Å². The molecular weight excluding hydrogens is 290 g/mol. The van der Waals surface area contributed by atoms with Gasteiger partial charge < -0.3 is 5.11 Å². The van der Waals surface area contributed by atoms with Crippen molar-refractivity contribution in [2.45, 2.75) is 0 Å². The molecule has 0 amide bonds. The van der Waals surface area contributed by atoms with E-state index in [4.69, 9.17) is 11.6 Å². The lowest BCUT2D eigenvalue weighted by atomic mass is 10.2. The molecule has 21 heavy (non-hydrogen) atoms. The van der Waals surface area contributed by atoms with Crippen molar-refractivity contribution < 1.29 is 14.7 Å². The fourth-order valence-corrected chi connectivity index (χ4v) is 2.38. The number of carbonyl (C=O) groups is 2. The zero-order chi connectivity index (χ0) is 15.0. The summed E-state index contributed by atoms with van der Waals surface area (Å²) in [5.41, 5.74) is 1.11. The number of carboxylic acids is 1. The van der Waals surface area contributed by atoms with E-state index in [9.17, 15) is 14.7 Å². The zero-order valence-electron chi connectivity index (χ0n) is 10.8. The lowest BCUT2D eigenvalue weighted by Gasteiger charge is -2.04. The molecule has 0 unspecified atom stereocenters. The number of carboxylic acid groups (broad SMARTS) is 1. The van der Waals surface area contributed by atoms with Crippen LogP contribution >= 0.6 is 11.6 Å². The second-order valence-electron chi connectivity index (χ2n) is 4.55. The number of fused-ring (bicyclic) bond motifs is 1. The van der Waals surface area contributed by atoms with Gasteiger partial charge in [-0.25, -0.2) is 4.79 Å². The molecule has 1 aromatic heterocycles. The fourth-order valence-electron chi connectivity index (χ4n) is 2.25. The molecule has 5 heteroatoms. The molecule has 0 saturated carbocycles. The first-order chi connectivity index (χ1) is 10.1. The number of halogens is 1. The van der Waals surface area contributed by atoms with Crippen LogP contribution in [0.2, 0.25) is 5.02 Å². The van der Waals surface area contributed by atoms with Gasteiger partial charge in [-0.15, -0.1) is 0 Å². The molecule has 0 bridgehead atoms. The van der Waals surface area contributed by atoms with Crippen LogP contribution in [0.1, 0.15) is 20.7 Å². The van der Waals surface area contributed by atoms with Gasteiger partial charge in [-0.05, 0) is 30.3 Å². The maximum absolute atomic E-state index is 12.5. The Hall–Kier alpha value is -2.59. The van der Waals surface area contributed by atoms with E-state index in [2.05, 4.69) is 0 Å². The highest BCUT2D eigenvalue weighted by Gasteiger charge is 2.18. The number of aromatic nitrogens is 1. The van der Waals surface area contributed by atoms with E-state index in [0.717, 1.165) is 0 Å². The van der Waals surface area contributed by atoms with Crippen molar-refractivity contribution in [2.24, 2.45) is 0 Å². The Morgan fingerprint density at radius 1 is 1.00 bits per heavy atom. The van der Waals surface area contributed by atoms with E-state index in [0.29, 0.717) is 21.5 Å². The molecule has 0 spiro atoms. The van der Waals surface area contributed by atoms with Crippen LogP contribution in [-0.2, 0) is 0 Å². The molecule has 0 atom stereocenters. The maximum atomic E-state index is 12.5. The predicted molar refractivity (Wildman–Crippen MR) is 80.1 cm³/mol. The summed E-state index contributed by atoms with van der Waals surface area (Å²) in [6.45, 7) is 0. The minimum atomic E-state index is -1.06. The van der Waals surface area contributed by atoms with Gasteiger partial charge in [0.15, 0.2) is 0 Å². The number of aromatic carboxylic acids is 1. The monoisotopic (exact) mass is 299 g/mol. The first-order valence-corrected chi connectivity index (χ1v) is 6.59. The Balaban J connectivity index is 2.18. The van der Waals surface area contributed by atoms with Crippen LogP contribution in [0.4, 0.5) is 0 Å². The molecule has 2 aromatic carbocycles. The van der Waals surface area contributed by atoms with E-state index in [-0.39, 0.29) is 11.5 Å².